The van der Waals surface area contributed by atoms with Gasteiger partial charge in [0, 0.05) is 42.1 Å². The number of nitrogens with one attached hydrogen (secondary N) is 1. The highest BCUT2D eigenvalue weighted by molar-refractivity contribution is 8.00. The molecule has 112 valence electrons. The van der Waals surface area contributed by atoms with E-state index in [0.717, 1.165) is 29.8 Å². The summed E-state index contributed by atoms with van der Waals surface area (Å²) in [6.45, 7) is 12.1. The fourth-order valence-electron chi connectivity index (χ4n) is 2.30. The first-order valence-corrected chi connectivity index (χ1v) is 8.33. The van der Waals surface area contributed by atoms with E-state index < -0.39 is 0 Å². The van der Waals surface area contributed by atoms with Gasteiger partial charge < -0.3 is 10.2 Å². The highest BCUT2D eigenvalue weighted by Crippen LogP contribution is 2.30. The summed E-state index contributed by atoms with van der Waals surface area (Å²) in [5.74, 6) is 4.01. The molecule has 1 saturated heterocycles. The van der Waals surface area contributed by atoms with Gasteiger partial charge in [-0.15, -0.1) is 0 Å². The predicted molar refractivity (Wildman–Crippen MR) is 89.0 cm³/mol. The average molecular weight is 294 g/mol. The number of hydrogen-bond donors (Lipinski definition) is 1. The molecule has 0 bridgehead atoms. The van der Waals surface area contributed by atoms with Crippen LogP contribution < -0.4 is 10.2 Å². The second-order valence-electron chi connectivity index (χ2n) is 6.44. The van der Waals surface area contributed by atoms with Gasteiger partial charge in [0.25, 0.3) is 0 Å². The second-order valence-corrected chi connectivity index (χ2v) is 7.93. The molecule has 1 N–H and O–H groups in total. The molecule has 0 amide bonds. The average Bonchev–Trinajstić information content (AvgIpc) is 2.40. The highest BCUT2D eigenvalue weighted by atomic mass is 32.2. The minimum atomic E-state index is -0.0407. The highest BCUT2D eigenvalue weighted by Gasteiger charge is 2.28. The molecule has 1 aliphatic heterocycles. The molecule has 0 radical (unpaired) electrons. The molecule has 0 aromatic carbocycles. The summed E-state index contributed by atoms with van der Waals surface area (Å²) in [5.41, 5.74) is -0.0407. The van der Waals surface area contributed by atoms with Crippen LogP contribution in [0.5, 0.6) is 0 Å². The quantitative estimate of drug-likeness (QED) is 0.907. The van der Waals surface area contributed by atoms with Crippen LogP contribution in [0.1, 0.15) is 40.4 Å². The van der Waals surface area contributed by atoms with Crippen molar-refractivity contribution in [3.05, 3.63) is 11.9 Å². The van der Waals surface area contributed by atoms with E-state index in [-0.39, 0.29) is 5.41 Å². The van der Waals surface area contributed by atoms with Gasteiger partial charge in [0.1, 0.15) is 17.5 Å². The van der Waals surface area contributed by atoms with Crippen LogP contribution >= 0.6 is 11.8 Å². The Hall–Kier alpha value is -0.970. The molecule has 2 unspecified atom stereocenters. The molecule has 4 nitrogen and oxygen atoms in total. The fraction of sp³-hybridized carbons (Fsp3) is 0.733. The molecule has 1 aliphatic rings. The number of aromatic nitrogens is 2. The van der Waals surface area contributed by atoms with E-state index in [9.17, 15) is 0 Å². The standard InChI is InChI=1S/C15H26N4S/c1-10-11(2)20-8-7-19(10)13-9-12(16-6)17-14(18-13)15(3,4)5/h9-11H,7-8H2,1-6H3,(H,16,17,18). The van der Waals surface area contributed by atoms with Crippen molar-refractivity contribution in [2.24, 2.45) is 0 Å². The zero-order valence-electron chi connectivity index (χ0n) is 13.4. The summed E-state index contributed by atoms with van der Waals surface area (Å²) in [6, 6.07) is 2.57. The number of hydrogen-bond acceptors (Lipinski definition) is 5. The van der Waals surface area contributed by atoms with Crippen LogP contribution in [0.3, 0.4) is 0 Å². The minimum absolute atomic E-state index is 0.0407. The molecule has 5 heteroatoms. The van der Waals surface area contributed by atoms with Gasteiger partial charge in [-0.05, 0) is 6.92 Å². The maximum Gasteiger partial charge on any atom is 0.138 e. The van der Waals surface area contributed by atoms with Gasteiger partial charge in [-0.1, -0.05) is 27.7 Å². The van der Waals surface area contributed by atoms with Crippen LogP contribution in [-0.2, 0) is 5.41 Å². The van der Waals surface area contributed by atoms with E-state index in [1.807, 2.05) is 18.8 Å². The SMILES string of the molecule is CNc1cc(N2CCSC(C)C2C)nc(C(C)(C)C)n1. The molecule has 1 aromatic rings. The van der Waals surface area contributed by atoms with E-state index >= 15 is 0 Å². The van der Waals surface area contributed by atoms with Crippen LogP contribution in [0, 0.1) is 0 Å². The lowest BCUT2D eigenvalue weighted by atomic mass is 9.95. The van der Waals surface area contributed by atoms with E-state index in [4.69, 9.17) is 4.98 Å². The first-order chi connectivity index (χ1) is 9.32. The van der Waals surface area contributed by atoms with Crippen LogP contribution in [0.2, 0.25) is 0 Å². The smallest absolute Gasteiger partial charge is 0.138 e. The molecule has 0 saturated carbocycles. The van der Waals surface area contributed by atoms with Crippen molar-refractivity contribution in [3.8, 4) is 0 Å². The maximum absolute atomic E-state index is 4.83. The normalized spacial score (nSPS) is 23.8. The van der Waals surface area contributed by atoms with Crippen molar-refractivity contribution in [2.75, 3.05) is 29.6 Å². The minimum Gasteiger partial charge on any atom is -0.373 e. The van der Waals surface area contributed by atoms with E-state index in [1.165, 1.54) is 0 Å². The van der Waals surface area contributed by atoms with Crippen molar-refractivity contribution >= 4 is 23.4 Å². The van der Waals surface area contributed by atoms with Gasteiger partial charge in [-0.25, -0.2) is 9.97 Å². The summed E-state index contributed by atoms with van der Waals surface area (Å²) >= 11 is 2.04. The zero-order chi connectivity index (χ0) is 14.9. The van der Waals surface area contributed by atoms with E-state index in [2.05, 4.69) is 55.9 Å². The molecule has 1 aromatic heterocycles. The summed E-state index contributed by atoms with van der Waals surface area (Å²) in [7, 11) is 1.91. The van der Waals surface area contributed by atoms with Gasteiger partial charge in [0.2, 0.25) is 0 Å². The van der Waals surface area contributed by atoms with Gasteiger partial charge in [0.05, 0.1) is 0 Å². The Balaban J connectivity index is 2.40. The molecule has 2 rings (SSSR count). The molecule has 0 spiro atoms. The Bertz CT molecular complexity index is 469. The van der Waals surface area contributed by atoms with Crippen molar-refractivity contribution < 1.29 is 0 Å². The molecular formula is C15H26N4S. The van der Waals surface area contributed by atoms with E-state index in [1.54, 1.807) is 0 Å². The third-order valence-corrected chi connectivity index (χ3v) is 5.16. The monoisotopic (exact) mass is 294 g/mol. The van der Waals surface area contributed by atoms with Crippen molar-refractivity contribution in [1.82, 2.24) is 9.97 Å². The fourth-order valence-corrected chi connectivity index (χ4v) is 3.40. The molecule has 2 heterocycles. The lowest BCUT2D eigenvalue weighted by Crippen LogP contribution is -2.45. The van der Waals surface area contributed by atoms with Gasteiger partial charge in [0.15, 0.2) is 0 Å². The molecule has 2 atom stereocenters. The first kappa shape index (κ1) is 15.4. The van der Waals surface area contributed by atoms with E-state index in [0.29, 0.717) is 11.3 Å². The second kappa shape index (κ2) is 5.80. The molecular weight excluding hydrogens is 268 g/mol. The summed E-state index contributed by atoms with van der Waals surface area (Å²) in [4.78, 5) is 11.9. The summed E-state index contributed by atoms with van der Waals surface area (Å²) < 4.78 is 0. The first-order valence-electron chi connectivity index (χ1n) is 7.28. The third-order valence-electron chi connectivity index (χ3n) is 3.82. The van der Waals surface area contributed by atoms with Crippen molar-refractivity contribution in [3.63, 3.8) is 0 Å². The Morgan fingerprint density at radius 2 is 2.00 bits per heavy atom. The Morgan fingerprint density at radius 3 is 2.60 bits per heavy atom. The summed E-state index contributed by atoms with van der Waals surface area (Å²) in [5, 5.41) is 3.80. The van der Waals surface area contributed by atoms with Crippen LogP contribution in [-0.4, -0.2) is 40.6 Å². The topological polar surface area (TPSA) is 41.0 Å². The van der Waals surface area contributed by atoms with Crippen molar-refractivity contribution in [2.45, 2.75) is 51.3 Å². The molecule has 1 fully saturated rings. The Kier molecular flexibility index (Phi) is 4.47. The predicted octanol–water partition coefficient (Wildman–Crippen LogP) is 3.15. The van der Waals surface area contributed by atoms with Crippen LogP contribution in [0.15, 0.2) is 6.07 Å². The largest absolute Gasteiger partial charge is 0.373 e. The van der Waals surface area contributed by atoms with Crippen LogP contribution in [0.25, 0.3) is 0 Å². The van der Waals surface area contributed by atoms with Gasteiger partial charge in [-0.2, -0.15) is 11.8 Å². The van der Waals surface area contributed by atoms with Crippen molar-refractivity contribution in [1.29, 1.82) is 0 Å². The van der Waals surface area contributed by atoms with Crippen LogP contribution in [0.4, 0.5) is 11.6 Å². The Morgan fingerprint density at radius 1 is 1.30 bits per heavy atom. The number of rotatable bonds is 2. The Labute approximate surface area is 126 Å². The zero-order valence-corrected chi connectivity index (χ0v) is 14.2. The maximum atomic E-state index is 4.83. The number of nitrogens with zero attached hydrogens (tertiary/aromatic N) is 3. The number of anilines is 2. The molecule has 20 heavy (non-hydrogen) atoms. The van der Waals surface area contributed by atoms with Gasteiger partial charge >= 0.3 is 0 Å². The lowest BCUT2D eigenvalue weighted by molar-refractivity contribution is 0.540. The third kappa shape index (κ3) is 3.19. The number of thioether (sulfide) groups is 1. The molecule has 0 aliphatic carbocycles. The lowest BCUT2D eigenvalue weighted by Gasteiger charge is -2.38. The summed E-state index contributed by atoms with van der Waals surface area (Å²) in [6.07, 6.45) is 0. The van der Waals surface area contributed by atoms with Gasteiger partial charge in [-0.3, -0.25) is 0 Å².